The lowest BCUT2D eigenvalue weighted by atomic mass is 9.35. The fraction of sp³-hybridized carbons (Fsp3) is 0.356. The van der Waals surface area contributed by atoms with E-state index in [4.69, 9.17) is 4.42 Å². The molecule has 0 saturated carbocycles. The summed E-state index contributed by atoms with van der Waals surface area (Å²) >= 11 is 0. The molecule has 1 aromatic heterocycles. The van der Waals surface area contributed by atoms with Gasteiger partial charge in [-0.3, -0.25) is 0 Å². The summed E-state index contributed by atoms with van der Waals surface area (Å²) in [5.41, 5.74) is 22.3. The molecule has 1 aliphatic carbocycles. The zero-order valence-corrected chi connectivity index (χ0v) is 40.3. The Morgan fingerprint density at radius 2 is 1.17 bits per heavy atom. The number of hydrogen-bond donors (Lipinski definition) is 0. The molecule has 6 aromatic carbocycles. The molecule has 4 heteroatoms. The standard InChI is InChI=1S/C59H65BN2O/c1-36-20-29-49-43(32-36)52-54(63-49)60-45-27-26-44-50(59(13,14)31-30-58(44,11)12)53(45)61(41-24-21-38(22-25-41)55(2,3)4)47-34-40(57(8,9)10)35-48(51(47)60)62(52)46-28-23-39(56(5,6)7)33-42(46)37-18-16-15-17-19-37/h15-29,32-35H,30-31H2,1-14H3. The summed E-state index contributed by atoms with van der Waals surface area (Å²) in [5.74, 6) is 0. The zero-order valence-electron chi connectivity index (χ0n) is 40.3. The maximum Gasteiger partial charge on any atom is 0.297 e. The summed E-state index contributed by atoms with van der Waals surface area (Å²) in [7, 11) is 0. The first-order chi connectivity index (χ1) is 29.5. The van der Waals surface area contributed by atoms with Gasteiger partial charge in [0.05, 0.1) is 17.0 Å². The van der Waals surface area contributed by atoms with E-state index in [2.05, 4.69) is 222 Å². The number of fused-ring (bicyclic) bond motifs is 8. The lowest BCUT2D eigenvalue weighted by molar-refractivity contribution is 0.333. The van der Waals surface area contributed by atoms with Crippen LogP contribution in [0.2, 0.25) is 0 Å². The largest absolute Gasteiger partial charge is 0.468 e. The molecule has 0 amide bonds. The topological polar surface area (TPSA) is 19.6 Å². The van der Waals surface area contributed by atoms with Gasteiger partial charge in [-0.1, -0.05) is 162 Å². The van der Waals surface area contributed by atoms with Crippen molar-refractivity contribution in [2.45, 2.75) is 137 Å². The second kappa shape index (κ2) is 13.8. The van der Waals surface area contributed by atoms with E-state index < -0.39 is 0 Å². The molecular weight excluding hydrogens is 763 g/mol. The highest BCUT2D eigenvalue weighted by Crippen LogP contribution is 2.55. The number of benzene rings is 6. The Balaban J connectivity index is 1.39. The molecule has 10 rings (SSSR count). The van der Waals surface area contributed by atoms with Gasteiger partial charge in [0.2, 0.25) is 0 Å². The van der Waals surface area contributed by atoms with Crippen LogP contribution in [0.4, 0.5) is 34.1 Å². The lowest BCUT2D eigenvalue weighted by Gasteiger charge is -2.49. The van der Waals surface area contributed by atoms with Crippen LogP contribution in [0.25, 0.3) is 22.1 Å². The number of furan rings is 1. The lowest BCUT2D eigenvalue weighted by Crippen LogP contribution is -2.61. The van der Waals surface area contributed by atoms with Crippen LogP contribution in [0.15, 0.2) is 120 Å². The number of aryl methyl sites for hydroxylation is 1. The second-order valence-corrected chi connectivity index (χ2v) is 23.4. The van der Waals surface area contributed by atoms with E-state index in [1.54, 1.807) is 0 Å². The Morgan fingerprint density at radius 1 is 0.556 bits per heavy atom. The van der Waals surface area contributed by atoms with Gasteiger partial charge in [-0.05, 0) is 140 Å². The Hall–Kier alpha value is -5.48. The van der Waals surface area contributed by atoms with Crippen molar-refractivity contribution >= 4 is 68.4 Å². The summed E-state index contributed by atoms with van der Waals surface area (Å²) in [5, 5.41) is 1.15. The third-order valence-corrected chi connectivity index (χ3v) is 14.8. The van der Waals surface area contributed by atoms with E-state index in [-0.39, 0.29) is 33.8 Å². The number of rotatable bonds is 3. The molecule has 0 radical (unpaired) electrons. The summed E-state index contributed by atoms with van der Waals surface area (Å²) in [6.07, 6.45) is 2.28. The highest BCUT2D eigenvalue weighted by Gasteiger charge is 2.51. The van der Waals surface area contributed by atoms with Gasteiger partial charge < -0.3 is 14.2 Å². The van der Waals surface area contributed by atoms with Gasteiger partial charge in [0.25, 0.3) is 6.71 Å². The molecule has 0 N–H and O–H groups in total. The summed E-state index contributed by atoms with van der Waals surface area (Å²) in [6, 6.07) is 44.4. The minimum atomic E-state index is -0.139. The molecule has 3 heterocycles. The second-order valence-electron chi connectivity index (χ2n) is 23.4. The molecule has 0 fully saturated rings. The minimum Gasteiger partial charge on any atom is -0.468 e. The van der Waals surface area contributed by atoms with Crippen LogP contribution >= 0.6 is 0 Å². The third kappa shape index (κ3) is 6.52. The van der Waals surface area contributed by atoms with Gasteiger partial charge in [0.1, 0.15) is 5.58 Å². The van der Waals surface area contributed by atoms with E-state index in [9.17, 15) is 0 Å². The molecule has 320 valence electrons. The third-order valence-electron chi connectivity index (χ3n) is 14.8. The van der Waals surface area contributed by atoms with Crippen molar-refractivity contribution in [3.8, 4) is 11.1 Å². The van der Waals surface area contributed by atoms with Gasteiger partial charge in [0, 0.05) is 33.7 Å². The van der Waals surface area contributed by atoms with Gasteiger partial charge >= 0.3 is 0 Å². The minimum absolute atomic E-state index is 0.0286. The van der Waals surface area contributed by atoms with E-state index in [1.165, 1.54) is 78.2 Å². The van der Waals surface area contributed by atoms with Crippen LogP contribution in [-0.4, -0.2) is 6.71 Å². The monoisotopic (exact) mass is 829 g/mol. The van der Waals surface area contributed by atoms with Crippen molar-refractivity contribution in [3.05, 3.63) is 149 Å². The Bertz CT molecular complexity index is 2960. The highest BCUT2D eigenvalue weighted by atomic mass is 16.3. The number of hydrogen-bond acceptors (Lipinski definition) is 3. The Morgan fingerprint density at radius 3 is 1.83 bits per heavy atom. The van der Waals surface area contributed by atoms with Crippen molar-refractivity contribution < 1.29 is 4.42 Å². The molecule has 3 nitrogen and oxygen atoms in total. The van der Waals surface area contributed by atoms with Gasteiger partial charge in [-0.15, -0.1) is 0 Å². The summed E-state index contributed by atoms with van der Waals surface area (Å²) in [6.45, 7) is 33.0. The first-order valence-corrected chi connectivity index (χ1v) is 23.3. The first kappa shape index (κ1) is 41.5. The molecule has 0 atom stereocenters. The number of anilines is 6. The first-order valence-electron chi connectivity index (χ1n) is 23.3. The molecule has 3 aliphatic rings. The van der Waals surface area contributed by atoms with Gasteiger partial charge in [-0.25, -0.2) is 0 Å². The van der Waals surface area contributed by atoms with Crippen molar-refractivity contribution in [1.29, 1.82) is 0 Å². The van der Waals surface area contributed by atoms with Crippen LogP contribution in [0.1, 0.15) is 136 Å². The number of nitrogens with zero attached hydrogens (tertiary/aromatic N) is 2. The highest BCUT2D eigenvalue weighted by molar-refractivity contribution is 7.00. The smallest absolute Gasteiger partial charge is 0.297 e. The maximum absolute atomic E-state index is 7.40. The summed E-state index contributed by atoms with van der Waals surface area (Å²) in [4.78, 5) is 5.27. The summed E-state index contributed by atoms with van der Waals surface area (Å²) < 4.78 is 7.40. The zero-order chi connectivity index (χ0) is 44.8. The van der Waals surface area contributed by atoms with Crippen LogP contribution in [0.5, 0.6) is 0 Å². The molecule has 63 heavy (non-hydrogen) atoms. The quantitative estimate of drug-likeness (QED) is 0.165. The maximum atomic E-state index is 7.40. The van der Waals surface area contributed by atoms with Crippen molar-refractivity contribution in [2.75, 3.05) is 9.80 Å². The SMILES string of the molecule is Cc1ccc2oc3c(c2c1)N(c1ccc(C(C)(C)C)cc1-c1ccccc1)c1cc(C(C)(C)C)cc2c1B3c1ccc3c(c1N2c1ccc(C(C)(C)C)cc1)C(C)(C)CCC3(C)C. The predicted octanol–water partition coefficient (Wildman–Crippen LogP) is 14.7. The molecule has 2 aliphatic heterocycles. The van der Waals surface area contributed by atoms with Crippen molar-refractivity contribution in [3.63, 3.8) is 0 Å². The Labute approximate surface area is 377 Å². The molecule has 7 aromatic rings. The average molecular weight is 829 g/mol. The molecule has 0 saturated heterocycles. The average Bonchev–Trinajstić information content (AvgIpc) is 3.59. The van der Waals surface area contributed by atoms with E-state index in [1.807, 2.05) is 0 Å². The molecule has 0 bridgehead atoms. The van der Waals surface area contributed by atoms with Crippen LogP contribution in [-0.2, 0) is 27.1 Å². The fourth-order valence-corrected chi connectivity index (χ4v) is 10.9. The molecule has 0 unspecified atom stereocenters. The van der Waals surface area contributed by atoms with E-state index in [0.717, 1.165) is 40.8 Å². The predicted molar refractivity (Wildman–Crippen MR) is 272 cm³/mol. The van der Waals surface area contributed by atoms with E-state index in [0.29, 0.717) is 0 Å². The van der Waals surface area contributed by atoms with Crippen molar-refractivity contribution in [1.82, 2.24) is 0 Å². The van der Waals surface area contributed by atoms with Gasteiger partial charge in [0.15, 0.2) is 0 Å². The normalized spacial score (nSPS) is 16.4. The van der Waals surface area contributed by atoms with Gasteiger partial charge in [-0.2, -0.15) is 0 Å². The molecular formula is C59H65BN2O. The van der Waals surface area contributed by atoms with Crippen LogP contribution < -0.4 is 26.4 Å². The fourth-order valence-electron chi connectivity index (χ4n) is 10.9. The van der Waals surface area contributed by atoms with Crippen molar-refractivity contribution in [2.24, 2.45) is 0 Å². The molecule has 0 spiro atoms. The van der Waals surface area contributed by atoms with Crippen LogP contribution in [0.3, 0.4) is 0 Å². The Kier molecular flexibility index (Phi) is 9.07. The van der Waals surface area contributed by atoms with E-state index >= 15 is 0 Å². The van der Waals surface area contributed by atoms with Crippen LogP contribution in [0, 0.1) is 6.92 Å².